The van der Waals surface area contributed by atoms with E-state index in [-0.39, 0.29) is 5.97 Å². The van der Waals surface area contributed by atoms with E-state index < -0.39 is 0 Å². The number of hydrogen-bond donors (Lipinski definition) is 2. The summed E-state index contributed by atoms with van der Waals surface area (Å²) in [5, 5.41) is 6.42. The number of aryl methyl sites for hydroxylation is 1. The lowest BCUT2D eigenvalue weighted by Crippen LogP contribution is -2.09. The molecule has 1 heterocycles. The molecular formula is C21H22N4O3. The van der Waals surface area contributed by atoms with E-state index in [2.05, 4.69) is 20.6 Å². The first-order valence-electron chi connectivity index (χ1n) is 8.89. The lowest BCUT2D eigenvalue weighted by molar-refractivity contribution is 0.0527. The first-order valence-corrected chi connectivity index (χ1v) is 8.89. The number of rotatable bonds is 7. The fraction of sp³-hybridized carbons (Fsp3) is 0.190. The molecule has 0 amide bonds. The van der Waals surface area contributed by atoms with Gasteiger partial charge in [-0.1, -0.05) is 24.3 Å². The predicted octanol–water partition coefficient (Wildman–Crippen LogP) is 4.46. The average Bonchev–Trinajstić information content (AvgIpc) is 2.68. The average molecular weight is 378 g/mol. The van der Waals surface area contributed by atoms with Crippen molar-refractivity contribution in [2.45, 2.75) is 13.8 Å². The first-order chi connectivity index (χ1) is 13.6. The molecule has 1 aromatic heterocycles. The van der Waals surface area contributed by atoms with Crippen LogP contribution in [0.5, 0.6) is 5.75 Å². The van der Waals surface area contributed by atoms with Crippen molar-refractivity contribution in [2.24, 2.45) is 0 Å². The Labute approximate surface area is 163 Å². The number of hydrogen-bond acceptors (Lipinski definition) is 7. The molecule has 28 heavy (non-hydrogen) atoms. The number of carbonyl (C=O) groups excluding carboxylic acids is 1. The number of para-hydroxylation sites is 3. The summed E-state index contributed by atoms with van der Waals surface area (Å²) in [7, 11) is 1.62. The van der Waals surface area contributed by atoms with Gasteiger partial charge in [0.2, 0.25) is 0 Å². The fourth-order valence-electron chi connectivity index (χ4n) is 2.70. The number of anilines is 4. The van der Waals surface area contributed by atoms with Crippen molar-refractivity contribution in [3.8, 4) is 5.75 Å². The Morgan fingerprint density at radius 1 is 0.964 bits per heavy atom. The Balaban J connectivity index is 1.88. The van der Waals surface area contributed by atoms with Gasteiger partial charge in [0.05, 0.1) is 30.7 Å². The maximum absolute atomic E-state index is 12.2. The van der Waals surface area contributed by atoms with Crippen LogP contribution in [0, 0.1) is 6.92 Å². The quantitative estimate of drug-likeness (QED) is 0.587. The molecule has 0 aliphatic rings. The first kappa shape index (κ1) is 19.2. The summed E-state index contributed by atoms with van der Waals surface area (Å²) in [5.74, 6) is 2.07. The molecule has 7 heteroatoms. The van der Waals surface area contributed by atoms with Crippen molar-refractivity contribution in [1.82, 2.24) is 9.97 Å². The van der Waals surface area contributed by atoms with Crippen LogP contribution in [0.1, 0.15) is 23.1 Å². The molecule has 0 aliphatic carbocycles. The molecule has 0 radical (unpaired) electrons. The summed E-state index contributed by atoms with van der Waals surface area (Å²) in [4.78, 5) is 21.0. The standard InChI is InChI=1S/C21H22N4O3/c1-4-28-21(26)15-9-5-6-10-16(15)24-19-13-20(23-14(2)22-19)25-17-11-7-8-12-18(17)27-3/h5-13H,4H2,1-3H3,(H2,22,23,24,25). The van der Waals surface area contributed by atoms with Crippen molar-refractivity contribution in [2.75, 3.05) is 24.4 Å². The highest BCUT2D eigenvalue weighted by molar-refractivity contribution is 5.96. The third-order valence-corrected chi connectivity index (χ3v) is 3.89. The van der Waals surface area contributed by atoms with Crippen molar-refractivity contribution < 1.29 is 14.3 Å². The zero-order chi connectivity index (χ0) is 19.9. The zero-order valence-corrected chi connectivity index (χ0v) is 16.0. The van der Waals surface area contributed by atoms with Gasteiger partial charge >= 0.3 is 5.97 Å². The Morgan fingerprint density at radius 2 is 1.57 bits per heavy atom. The summed E-state index contributed by atoms with van der Waals surface area (Å²) >= 11 is 0. The van der Waals surface area contributed by atoms with Gasteiger partial charge in [-0.15, -0.1) is 0 Å². The molecule has 0 aliphatic heterocycles. The largest absolute Gasteiger partial charge is 0.495 e. The smallest absolute Gasteiger partial charge is 0.340 e. The van der Waals surface area contributed by atoms with Crippen LogP contribution in [0.2, 0.25) is 0 Å². The minimum atomic E-state index is -0.385. The maximum Gasteiger partial charge on any atom is 0.340 e. The Morgan fingerprint density at radius 3 is 2.25 bits per heavy atom. The molecule has 2 N–H and O–H groups in total. The summed E-state index contributed by atoms with van der Waals surface area (Å²) in [6, 6.07) is 16.5. The van der Waals surface area contributed by atoms with Gasteiger partial charge in [0.15, 0.2) is 0 Å². The number of nitrogens with zero attached hydrogens (tertiary/aromatic N) is 2. The molecule has 0 unspecified atom stereocenters. The van der Waals surface area contributed by atoms with Crippen LogP contribution in [-0.2, 0) is 4.74 Å². The number of benzene rings is 2. The van der Waals surface area contributed by atoms with E-state index in [1.807, 2.05) is 30.3 Å². The van der Waals surface area contributed by atoms with Gasteiger partial charge in [-0.25, -0.2) is 14.8 Å². The molecule has 3 aromatic rings. The maximum atomic E-state index is 12.2. The van der Waals surface area contributed by atoms with Crippen molar-refractivity contribution in [3.63, 3.8) is 0 Å². The minimum Gasteiger partial charge on any atom is -0.495 e. The number of aromatic nitrogens is 2. The Hall–Kier alpha value is -3.61. The van der Waals surface area contributed by atoms with Crippen LogP contribution >= 0.6 is 0 Å². The van der Waals surface area contributed by atoms with Crippen LogP contribution in [0.4, 0.5) is 23.0 Å². The summed E-state index contributed by atoms with van der Waals surface area (Å²) in [6.07, 6.45) is 0. The third kappa shape index (κ3) is 4.56. The van der Waals surface area contributed by atoms with Crippen LogP contribution < -0.4 is 15.4 Å². The number of carbonyl (C=O) groups is 1. The monoisotopic (exact) mass is 378 g/mol. The zero-order valence-electron chi connectivity index (χ0n) is 16.0. The Kier molecular flexibility index (Phi) is 6.06. The molecule has 0 spiro atoms. The van der Waals surface area contributed by atoms with Gasteiger partial charge in [0.25, 0.3) is 0 Å². The van der Waals surface area contributed by atoms with E-state index in [1.54, 1.807) is 45.2 Å². The number of esters is 1. The normalized spacial score (nSPS) is 10.2. The SMILES string of the molecule is CCOC(=O)c1ccccc1Nc1cc(Nc2ccccc2OC)nc(C)n1. The van der Waals surface area contributed by atoms with E-state index >= 15 is 0 Å². The van der Waals surface area contributed by atoms with E-state index in [0.717, 1.165) is 5.69 Å². The molecule has 0 saturated carbocycles. The summed E-state index contributed by atoms with van der Waals surface area (Å²) in [6.45, 7) is 3.89. The van der Waals surface area contributed by atoms with E-state index in [0.29, 0.717) is 41.1 Å². The van der Waals surface area contributed by atoms with Crippen molar-refractivity contribution in [3.05, 3.63) is 66.0 Å². The minimum absolute atomic E-state index is 0.312. The van der Waals surface area contributed by atoms with Gasteiger partial charge in [0.1, 0.15) is 23.2 Å². The van der Waals surface area contributed by atoms with Crippen LogP contribution in [0.3, 0.4) is 0 Å². The van der Waals surface area contributed by atoms with Crippen molar-refractivity contribution >= 4 is 29.0 Å². The number of ether oxygens (including phenoxy) is 2. The molecular weight excluding hydrogens is 356 g/mol. The molecule has 0 fully saturated rings. The van der Waals surface area contributed by atoms with Crippen LogP contribution in [-0.4, -0.2) is 29.7 Å². The highest BCUT2D eigenvalue weighted by atomic mass is 16.5. The van der Waals surface area contributed by atoms with Gasteiger partial charge in [-0.3, -0.25) is 0 Å². The fourth-order valence-corrected chi connectivity index (χ4v) is 2.70. The highest BCUT2D eigenvalue weighted by Crippen LogP contribution is 2.28. The molecule has 0 saturated heterocycles. The second-order valence-electron chi connectivity index (χ2n) is 5.90. The van der Waals surface area contributed by atoms with Gasteiger partial charge < -0.3 is 20.1 Å². The predicted molar refractivity (Wildman–Crippen MR) is 109 cm³/mol. The lowest BCUT2D eigenvalue weighted by atomic mass is 10.2. The van der Waals surface area contributed by atoms with Crippen LogP contribution in [0.25, 0.3) is 0 Å². The second-order valence-corrected chi connectivity index (χ2v) is 5.90. The topological polar surface area (TPSA) is 85.4 Å². The van der Waals surface area contributed by atoms with Gasteiger partial charge in [0, 0.05) is 6.07 Å². The van der Waals surface area contributed by atoms with Crippen molar-refractivity contribution in [1.29, 1.82) is 0 Å². The third-order valence-electron chi connectivity index (χ3n) is 3.89. The van der Waals surface area contributed by atoms with Gasteiger partial charge in [-0.05, 0) is 38.1 Å². The summed E-state index contributed by atoms with van der Waals surface area (Å²) < 4.78 is 10.5. The Bertz CT molecular complexity index is 975. The molecule has 2 aromatic carbocycles. The second kappa shape index (κ2) is 8.85. The molecule has 144 valence electrons. The highest BCUT2D eigenvalue weighted by Gasteiger charge is 2.13. The lowest BCUT2D eigenvalue weighted by Gasteiger charge is -2.14. The molecule has 0 bridgehead atoms. The van der Waals surface area contributed by atoms with E-state index in [4.69, 9.17) is 9.47 Å². The molecule has 3 rings (SSSR count). The van der Waals surface area contributed by atoms with E-state index in [1.165, 1.54) is 0 Å². The molecule has 7 nitrogen and oxygen atoms in total. The number of methoxy groups -OCH3 is 1. The van der Waals surface area contributed by atoms with E-state index in [9.17, 15) is 4.79 Å². The van der Waals surface area contributed by atoms with Crippen LogP contribution in [0.15, 0.2) is 54.6 Å². The number of nitrogens with one attached hydrogen (secondary N) is 2. The summed E-state index contributed by atoms with van der Waals surface area (Å²) in [5.41, 5.74) is 1.85. The molecule has 0 atom stereocenters. The van der Waals surface area contributed by atoms with Gasteiger partial charge in [-0.2, -0.15) is 0 Å².